The molecule has 0 radical (unpaired) electrons. The third-order valence-electron chi connectivity index (χ3n) is 5.70. The Morgan fingerprint density at radius 2 is 1.83 bits per heavy atom. The number of carbonyl (C=O) groups is 1. The minimum atomic E-state index is -1.01. The van der Waals surface area contributed by atoms with Crippen molar-refractivity contribution in [1.82, 2.24) is 9.78 Å². The predicted molar refractivity (Wildman–Crippen MR) is 138 cm³/mol. The Bertz CT molecular complexity index is 1440. The third kappa shape index (κ3) is 5.50. The second-order valence-corrected chi connectivity index (χ2v) is 8.42. The molecule has 0 bridgehead atoms. The van der Waals surface area contributed by atoms with Crippen molar-refractivity contribution in [3.05, 3.63) is 106 Å². The van der Waals surface area contributed by atoms with Crippen molar-refractivity contribution in [1.29, 1.82) is 0 Å². The highest BCUT2D eigenvalue weighted by molar-refractivity contribution is 6.32. The topological polar surface area (TPSA) is 75.3 Å². The fourth-order valence-corrected chi connectivity index (χ4v) is 4.41. The van der Waals surface area contributed by atoms with Gasteiger partial charge in [0.15, 0.2) is 0 Å². The summed E-state index contributed by atoms with van der Waals surface area (Å²) in [5.41, 5.74) is 6.06. The number of carboxylic acids is 1. The van der Waals surface area contributed by atoms with E-state index in [4.69, 9.17) is 16.7 Å². The fourth-order valence-electron chi connectivity index (χ4n) is 4.13. The van der Waals surface area contributed by atoms with E-state index in [0.29, 0.717) is 18.0 Å². The summed E-state index contributed by atoms with van der Waals surface area (Å²) >= 11 is 6.48. The number of fused-ring (bicyclic) bond motifs is 1. The Kier molecular flexibility index (Phi) is 7.44. The second kappa shape index (κ2) is 10.7. The highest BCUT2D eigenvalue weighted by atomic mass is 35.5. The van der Waals surface area contributed by atoms with Crippen LogP contribution in [-0.2, 0) is 11.3 Å². The number of aliphatic carboxylic acids is 1. The Labute approximate surface area is 207 Å². The highest BCUT2D eigenvalue weighted by Gasteiger charge is 2.17. The molecule has 0 saturated carbocycles. The number of nitrogens with zero attached hydrogens (tertiary/aromatic N) is 2. The molecule has 1 heterocycles. The lowest BCUT2D eigenvalue weighted by atomic mass is 9.87. The lowest BCUT2D eigenvalue weighted by Gasteiger charge is -2.17. The first-order chi connectivity index (χ1) is 16.9. The lowest BCUT2D eigenvalue weighted by Crippen LogP contribution is -2.01. The van der Waals surface area contributed by atoms with E-state index in [2.05, 4.69) is 5.10 Å². The van der Waals surface area contributed by atoms with Gasteiger partial charge in [0, 0.05) is 17.7 Å². The summed E-state index contributed by atoms with van der Waals surface area (Å²) in [7, 11) is 0. The van der Waals surface area contributed by atoms with Crippen LogP contribution >= 0.6 is 11.6 Å². The standard InChI is InChI=1S/C28H24ClFN2O3/c1-2-23(24-10-9-22(30)16-25(24)29)28(19-6-3-18(4-7-19)5-12-27(34)35)20-8-11-26-21(15-20)17-32(31-26)13-14-33/h3-12,15-17,33H,2,13-14H2,1H3,(H,34,35)/b12-5+,28-23+. The van der Waals surface area contributed by atoms with Gasteiger partial charge >= 0.3 is 5.97 Å². The number of rotatable bonds is 8. The van der Waals surface area contributed by atoms with Gasteiger partial charge in [-0.3, -0.25) is 4.68 Å². The quantitative estimate of drug-likeness (QED) is 0.225. The van der Waals surface area contributed by atoms with Crippen LogP contribution in [0.15, 0.2) is 72.9 Å². The molecule has 0 aliphatic carbocycles. The highest BCUT2D eigenvalue weighted by Crippen LogP contribution is 2.38. The van der Waals surface area contributed by atoms with Crippen LogP contribution in [0.1, 0.15) is 35.6 Å². The summed E-state index contributed by atoms with van der Waals surface area (Å²) in [6.07, 6.45) is 5.17. The van der Waals surface area contributed by atoms with Crippen LogP contribution < -0.4 is 0 Å². The molecule has 0 fully saturated rings. The molecular formula is C28H24ClFN2O3. The number of halogens is 2. The minimum Gasteiger partial charge on any atom is -0.478 e. The van der Waals surface area contributed by atoms with Gasteiger partial charge in [0.25, 0.3) is 0 Å². The first-order valence-electron chi connectivity index (χ1n) is 11.2. The van der Waals surface area contributed by atoms with Gasteiger partial charge in [-0.2, -0.15) is 5.10 Å². The molecule has 3 aromatic carbocycles. The van der Waals surface area contributed by atoms with E-state index in [1.807, 2.05) is 55.6 Å². The molecule has 0 aliphatic rings. The van der Waals surface area contributed by atoms with E-state index < -0.39 is 11.8 Å². The molecule has 7 heteroatoms. The molecule has 0 spiro atoms. The van der Waals surface area contributed by atoms with E-state index in [-0.39, 0.29) is 6.61 Å². The van der Waals surface area contributed by atoms with Gasteiger partial charge in [-0.1, -0.05) is 54.9 Å². The fraction of sp³-hybridized carbons (Fsp3) is 0.143. The molecule has 0 unspecified atom stereocenters. The number of benzene rings is 3. The largest absolute Gasteiger partial charge is 0.478 e. The summed E-state index contributed by atoms with van der Waals surface area (Å²) in [6, 6.07) is 17.9. The third-order valence-corrected chi connectivity index (χ3v) is 6.01. The number of aromatic nitrogens is 2. The summed E-state index contributed by atoms with van der Waals surface area (Å²) < 4.78 is 15.5. The summed E-state index contributed by atoms with van der Waals surface area (Å²) in [5, 5.41) is 23.9. The van der Waals surface area contributed by atoms with Gasteiger partial charge in [-0.25, -0.2) is 9.18 Å². The van der Waals surface area contributed by atoms with E-state index >= 15 is 0 Å². The Hall–Kier alpha value is -3.74. The Balaban J connectivity index is 1.92. The van der Waals surface area contributed by atoms with Crippen molar-refractivity contribution in [3.63, 3.8) is 0 Å². The zero-order chi connectivity index (χ0) is 24.9. The van der Waals surface area contributed by atoms with Crippen LogP contribution in [0.25, 0.3) is 28.1 Å². The van der Waals surface area contributed by atoms with Crippen molar-refractivity contribution in [2.75, 3.05) is 6.61 Å². The van der Waals surface area contributed by atoms with Crippen molar-refractivity contribution in [3.8, 4) is 0 Å². The van der Waals surface area contributed by atoms with E-state index in [0.717, 1.165) is 50.4 Å². The maximum atomic E-state index is 13.8. The molecular weight excluding hydrogens is 467 g/mol. The smallest absolute Gasteiger partial charge is 0.328 e. The van der Waals surface area contributed by atoms with Gasteiger partial charge in [0.1, 0.15) is 5.82 Å². The maximum absolute atomic E-state index is 13.8. The Morgan fingerprint density at radius 1 is 1.09 bits per heavy atom. The number of hydrogen-bond acceptors (Lipinski definition) is 3. The van der Waals surface area contributed by atoms with E-state index in [9.17, 15) is 14.3 Å². The van der Waals surface area contributed by atoms with Crippen LogP contribution in [0.5, 0.6) is 0 Å². The van der Waals surface area contributed by atoms with E-state index in [1.54, 1.807) is 10.7 Å². The molecule has 35 heavy (non-hydrogen) atoms. The minimum absolute atomic E-state index is 0.00226. The first-order valence-corrected chi connectivity index (χ1v) is 11.6. The van der Waals surface area contributed by atoms with Gasteiger partial charge in [-0.15, -0.1) is 0 Å². The summed E-state index contributed by atoms with van der Waals surface area (Å²) in [4.78, 5) is 10.9. The SMILES string of the molecule is CC/C(=C(/c1ccc(/C=C/C(=O)O)cc1)c1ccc2nn(CCO)cc2c1)c1ccc(F)cc1Cl. The monoisotopic (exact) mass is 490 g/mol. The van der Waals surface area contributed by atoms with Crippen LogP contribution in [0.2, 0.25) is 5.02 Å². The molecule has 2 N–H and O–H groups in total. The lowest BCUT2D eigenvalue weighted by molar-refractivity contribution is -0.131. The zero-order valence-corrected chi connectivity index (χ0v) is 19.8. The Morgan fingerprint density at radius 3 is 2.49 bits per heavy atom. The molecule has 4 aromatic rings. The van der Waals surface area contributed by atoms with Crippen molar-refractivity contribution in [2.24, 2.45) is 0 Å². The van der Waals surface area contributed by atoms with Crippen molar-refractivity contribution >= 4 is 45.7 Å². The maximum Gasteiger partial charge on any atom is 0.328 e. The number of allylic oxidation sites excluding steroid dienone is 1. The van der Waals surface area contributed by atoms with Crippen LogP contribution in [0.4, 0.5) is 4.39 Å². The summed E-state index contributed by atoms with van der Waals surface area (Å²) in [6.45, 7) is 2.43. The van der Waals surface area contributed by atoms with Crippen molar-refractivity contribution in [2.45, 2.75) is 19.9 Å². The average molecular weight is 491 g/mol. The number of aliphatic hydroxyl groups is 1. The molecule has 0 amide bonds. The summed E-state index contributed by atoms with van der Waals surface area (Å²) in [5.74, 6) is -1.41. The van der Waals surface area contributed by atoms with Gasteiger partial charge < -0.3 is 10.2 Å². The average Bonchev–Trinajstić information content (AvgIpc) is 3.24. The molecule has 5 nitrogen and oxygen atoms in total. The van der Waals surface area contributed by atoms with E-state index in [1.165, 1.54) is 18.2 Å². The number of aliphatic hydroxyl groups excluding tert-OH is 1. The van der Waals surface area contributed by atoms with Crippen molar-refractivity contribution < 1.29 is 19.4 Å². The molecule has 178 valence electrons. The molecule has 0 aliphatic heterocycles. The first kappa shape index (κ1) is 24.4. The zero-order valence-electron chi connectivity index (χ0n) is 19.1. The number of hydrogen-bond donors (Lipinski definition) is 2. The second-order valence-electron chi connectivity index (χ2n) is 8.01. The predicted octanol–water partition coefficient (Wildman–Crippen LogP) is 6.29. The van der Waals surface area contributed by atoms with Crippen LogP contribution in [0, 0.1) is 5.82 Å². The van der Waals surface area contributed by atoms with Gasteiger partial charge in [0.2, 0.25) is 0 Å². The van der Waals surface area contributed by atoms with Crippen LogP contribution in [0.3, 0.4) is 0 Å². The normalized spacial score (nSPS) is 12.3. The van der Waals surface area contributed by atoms with Gasteiger partial charge in [-0.05, 0) is 70.2 Å². The molecule has 1 aromatic heterocycles. The van der Waals surface area contributed by atoms with Crippen LogP contribution in [-0.4, -0.2) is 32.6 Å². The molecule has 0 atom stereocenters. The molecule has 4 rings (SSSR count). The van der Waals surface area contributed by atoms with Gasteiger partial charge in [0.05, 0.1) is 23.7 Å². The molecule has 0 saturated heterocycles. The number of carboxylic acid groups (broad SMARTS) is 1.